The van der Waals surface area contributed by atoms with E-state index in [0.29, 0.717) is 0 Å². The van der Waals surface area contributed by atoms with E-state index in [2.05, 4.69) is 10.6 Å². The van der Waals surface area contributed by atoms with Crippen LogP contribution in [0.15, 0.2) is 54.6 Å². The number of para-hydroxylation sites is 2. The van der Waals surface area contributed by atoms with Crippen LogP contribution in [0.3, 0.4) is 0 Å². The summed E-state index contributed by atoms with van der Waals surface area (Å²) in [5.41, 5.74) is 1.72. The molecule has 0 bridgehead atoms. The molecule has 5 nitrogen and oxygen atoms in total. The molecule has 0 aromatic heterocycles. The number of nitrogens with one attached hydrogen (secondary N) is 2. The Labute approximate surface area is 135 Å². The van der Waals surface area contributed by atoms with Gasteiger partial charge >= 0.3 is 0 Å². The van der Waals surface area contributed by atoms with Crippen molar-refractivity contribution in [2.75, 3.05) is 18.5 Å². The van der Waals surface area contributed by atoms with E-state index in [1.54, 1.807) is 0 Å². The summed E-state index contributed by atoms with van der Waals surface area (Å²) in [5, 5.41) is 5.34. The Morgan fingerprint density at radius 2 is 1.65 bits per heavy atom. The summed E-state index contributed by atoms with van der Waals surface area (Å²) in [5.74, 6) is 0.245. The van der Waals surface area contributed by atoms with E-state index in [0.717, 1.165) is 17.0 Å². The molecular weight excluding hydrogens is 292 g/mol. The highest BCUT2D eigenvalue weighted by molar-refractivity contribution is 5.95. The van der Waals surface area contributed by atoms with E-state index in [-0.39, 0.29) is 31.4 Å². The van der Waals surface area contributed by atoms with Gasteiger partial charge in [-0.15, -0.1) is 0 Å². The van der Waals surface area contributed by atoms with Crippen molar-refractivity contribution in [2.24, 2.45) is 0 Å². The number of amides is 2. The zero-order valence-corrected chi connectivity index (χ0v) is 13.0. The number of anilines is 1. The van der Waals surface area contributed by atoms with Crippen molar-refractivity contribution in [2.45, 2.75) is 13.3 Å². The number of carbonyl (C=O) groups is 2. The van der Waals surface area contributed by atoms with Gasteiger partial charge in [0.05, 0.1) is 19.6 Å². The molecule has 2 aromatic rings. The molecule has 0 atom stereocenters. The number of ether oxygens (including phenoxy) is 1. The first-order chi connectivity index (χ1) is 11.1. The van der Waals surface area contributed by atoms with Crippen LogP contribution in [0.25, 0.3) is 0 Å². The number of hydrogen-bond donors (Lipinski definition) is 2. The van der Waals surface area contributed by atoms with Gasteiger partial charge in [-0.1, -0.05) is 36.4 Å². The monoisotopic (exact) mass is 312 g/mol. The number of rotatable bonds is 7. The van der Waals surface area contributed by atoms with Gasteiger partial charge in [0.1, 0.15) is 5.75 Å². The van der Waals surface area contributed by atoms with Crippen molar-refractivity contribution in [1.29, 1.82) is 0 Å². The summed E-state index contributed by atoms with van der Waals surface area (Å²) in [4.78, 5) is 23.5. The van der Waals surface area contributed by atoms with Gasteiger partial charge in [0.2, 0.25) is 11.8 Å². The van der Waals surface area contributed by atoms with Crippen LogP contribution >= 0.6 is 0 Å². The van der Waals surface area contributed by atoms with Crippen LogP contribution in [0.2, 0.25) is 0 Å². The van der Waals surface area contributed by atoms with E-state index in [1.165, 1.54) is 0 Å². The highest BCUT2D eigenvalue weighted by Crippen LogP contribution is 2.12. The molecule has 0 radical (unpaired) electrons. The fourth-order valence-corrected chi connectivity index (χ4v) is 1.95. The lowest BCUT2D eigenvalue weighted by atomic mass is 10.2. The molecule has 0 aliphatic rings. The molecular formula is C18H20N2O3. The van der Waals surface area contributed by atoms with Crippen LogP contribution in [0.4, 0.5) is 5.69 Å². The van der Waals surface area contributed by atoms with Gasteiger partial charge in [-0.3, -0.25) is 9.59 Å². The van der Waals surface area contributed by atoms with Crippen molar-refractivity contribution in [3.63, 3.8) is 0 Å². The molecule has 23 heavy (non-hydrogen) atoms. The Hall–Kier alpha value is -2.82. The van der Waals surface area contributed by atoms with Crippen LogP contribution in [0, 0.1) is 6.92 Å². The molecule has 2 rings (SSSR count). The smallest absolute Gasteiger partial charge is 0.243 e. The van der Waals surface area contributed by atoms with Gasteiger partial charge < -0.3 is 15.4 Å². The molecule has 2 amide bonds. The van der Waals surface area contributed by atoms with Gasteiger partial charge in [0, 0.05) is 5.69 Å². The van der Waals surface area contributed by atoms with Gasteiger partial charge in [0.15, 0.2) is 0 Å². The molecule has 0 fully saturated rings. The highest BCUT2D eigenvalue weighted by atomic mass is 16.5. The zero-order chi connectivity index (χ0) is 16.5. The fraction of sp³-hybridized carbons (Fsp3) is 0.222. The lowest BCUT2D eigenvalue weighted by molar-refractivity contribution is -0.124. The third kappa shape index (κ3) is 5.82. The molecule has 120 valence electrons. The van der Waals surface area contributed by atoms with E-state index >= 15 is 0 Å². The molecule has 0 spiro atoms. The van der Waals surface area contributed by atoms with Crippen molar-refractivity contribution < 1.29 is 14.3 Å². The Morgan fingerprint density at radius 3 is 2.39 bits per heavy atom. The summed E-state index contributed by atoms with van der Waals surface area (Å²) < 4.78 is 5.43. The normalized spacial score (nSPS) is 9.96. The minimum Gasteiger partial charge on any atom is -0.493 e. The van der Waals surface area contributed by atoms with Gasteiger partial charge in [-0.25, -0.2) is 0 Å². The molecule has 0 unspecified atom stereocenters. The summed E-state index contributed by atoms with van der Waals surface area (Å²) in [6.45, 7) is 2.13. The predicted molar refractivity (Wildman–Crippen MR) is 89.4 cm³/mol. The van der Waals surface area contributed by atoms with Gasteiger partial charge in [-0.05, 0) is 30.7 Å². The second-order valence-corrected chi connectivity index (χ2v) is 5.05. The second-order valence-electron chi connectivity index (χ2n) is 5.05. The maximum absolute atomic E-state index is 11.8. The lowest BCUT2D eigenvalue weighted by Crippen LogP contribution is -2.33. The first-order valence-electron chi connectivity index (χ1n) is 7.45. The van der Waals surface area contributed by atoms with Crippen molar-refractivity contribution in [3.8, 4) is 5.75 Å². The maximum atomic E-state index is 11.8. The Balaban J connectivity index is 1.66. The summed E-state index contributed by atoms with van der Waals surface area (Å²) in [6.07, 6.45) is 0.201. The molecule has 0 aliphatic carbocycles. The average molecular weight is 312 g/mol. The van der Waals surface area contributed by atoms with Crippen LogP contribution in [0.1, 0.15) is 12.0 Å². The highest BCUT2D eigenvalue weighted by Gasteiger charge is 2.07. The van der Waals surface area contributed by atoms with E-state index in [4.69, 9.17) is 4.74 Å². The summed E-state index contributed by atoms with van der Waals surface area (Å²) in [6, 6.07) is 16.8. The molecule has 0 heterocycles. The fourth-order valence-electron chi connectivity index (χ4n) is 1.95. The molecule has 0 saturated carbocycles. The number of carbonyl (C=O) groups excluding carboxylic acids is 2. The average Bonchev–Trinajstić information content (AvgIpc) is 2.56. The van der Waals surface area contributed by atoms with E-state index < -0.39 is 0 Å². The number of aryl methyl sites for hydroxylation is 1. The molecule has 5 heteroatoms. The summed E-state index contributed by atoms with van der Waals surface area (Å²) >= 11 is 0. The van der Waals surface area contributed by atoms with Crippen LogP contribution in [-0.2, 0) is 9.59 Å². The standard InChI is InChI=1S/C18H20N2O3/c1-14-7-5-6-10-16(14)20-18(22)13-19-17(21)11-12-23-15-8-3-2-4-9-15/h2-10H,11-13H2,1H3,(H,19,21)(H,20,22). The van der Waals surface area contributed by atoms with Gasteiger partial charge in [0.25, 0.3) is 0 Å². The van der Waals surface area contributed by atoms with E-state index in [9.17, 15) is 9.59 Å². The minimum atomic E-state index is -0.253. The van der Waals surface area contributed by atoms with Crippen molar-refractivity contribution >= 4 is 17.5 Å². The van der Waals surface area contributed by atoms with E-state index in [1.807, 2.05) is 61.5 Å². The Morgan fingerprint density at radius 1 is 0.957 bits per heavy atom. The largest absolute Gasteiger partial charge is 0.493 e. The predicted octanol–water partition coefficient (Wildman–Crippen LogP) is 2.52. The SMILES string of the molecule is Cc1ccccc1NC(=O)CNC(=O)CCOc1ccccc1. The third-order valence-electron chi connectivity index (χ3n) is 3.21. The van der Waals surface area contributed by atoms with Crippen LogP contribution in [0.5, 0.6) is 5.75 Å². The van der Waals surface area contributed by atoms with Crippen LogP contribution < -0.4 is 15.4 Å². The Bertz CT molecular complexity index is 656. The zero-order valence-electron chi connectivity index (χ0n) is 13.0. The number of benzene rings is 2. The summed E-state index contributed by atoms with van der Waals surface area (Å²) in [7, 11) is 0. The maximum Gasteiger partial charge on any atom is 0.243 e. The minimum absolute atomic E-state index is 0.0570. The lowest BCUT2D eigenvalue weighted by Gasteiger charge is -2.09. The van der Waals surface area contributed by atoms with Crippen molar-refractivity contribution in [1.82, 2.24) is 5.32 Å². The first-order valence-corrected chi connectivity index (χ1v) is 7.45. The third-order valence-corrected chi connectivity index (χ3v) is 3.21. The van der Waals surface area contributed by atoms with Crippen LogP contribution in [-0.4, -0.2) is 25.0 Å². The molecule has 0 aliphatic heterocycles. The Kier molecular flexibility index (Phi) is 6.17. The molecule has 2 aromatic carbocycles. The quantitative estimate of drug-likeness (QED) is 0.825. The van der Waals surface area contributed by atoms with Crippen molar-refractivity contribution in [3.05, 3.63) is 60.2 Å². The van der Waals surface area contributed by atoms with Gasteiger partial charge in [-0.2, -0.15) is 0 Å². The second kappa shape index (κ2) is 8.58. The number of hydrogen-bond acceptors (Lipinski definition) is 3. The molecule has 2 N–H and O–H groups in total. The molecule has 0 saturated heterocycles. The first kappa shape index (κ1) is 16.5. The topological polar surface area (TPSA) is 67.4 Å².